The van der Waals surface area contributed by atoms with Gasteiger partial charge in [0.2, 0.25) is 5.28 Å². The number of methoxy groups -OCH3 is 2. The summed E-state index contributed by atoms with van der Waals surface area (Å²) in [7, 11) is 3.29. The molecule has 0 bridgehead atoms. The maximum absolute atomic E-state index is 5.94. The summed E-state index contributed by atoms with van der Waals surface area (Å²) in [5.74, 6) is 0.508. The number of halogens is 2. The summed E-state index contributed by atoms with van der Waals surface area (Å²) < 4.78 is 10.7. The van der Waals surface area contributed by atoms with Crippen molar-refractivity contribution in [2.24, 2.45) is 0 Å². The zero-order chi connectivity index (χ0) is 12.4. The van der Waals surface area contributed by atoms with E-state index in [1.807, 2.05) is 4.90 Å². The molecule has 0 spiro atoms. The molecule has 1 fully saturated rings. The van der Waals surface area contributed by atoms with Crippen LogP contribution in [0.4, 0.5) is 5.82 Å². The summed E-state index contributed by atoms with van der Waals surface area (Å²) in [6.07, 6.45) is -0.0467. The minimum absolute atomic E-state index is 0.0233. The molecule has 94 valence electrons. The Morgan fingerprint density at radius 3 is 2.24 bits per heavy atom. The molecule has 0 aromatic carbocycles. The van der Waals surface area contributed by atoms with Gasteiger partial charge in [-0.25, -0.2) is 0 Å². The molecule has 1 aliphatic rings. The zero-order valence-electron chi connectivity index (χ0n) is 9.43. The lowest BCUT2D eigenvalue weighted by Crippen LogP contribution is -2.27. The second-order valence-electron chi connectivity index (χ2n) is 3.65. The predicted molar refractivity (Wildman–Crippen MR) is 63.7 cm³/mol. The van der Waals surface area contributed by atoms with Crippen LogP contribution in [-0.2, 0) is 9.47 Å². The second kappa shape index (κ2) is 5.30. The lowest BCUT2D eigenvalue weighted by atomic mass is 10.3. The summed E-state index contributed by atoms with van der Waals surface area (Å²) in [5.41, 5.74) is 0. The van der Waals surface area contributed by atoms with E-state index in [-0.39, 0.29) is 22.6 Å². The fraction of sp³-hybridized carbons (Fsp3) is 0.667. The van der Waals surface area contributed by atoms with E-state index in [1.165, 1.54) is 0 Å². The minimum Gasteiger partial charge on any atom is -0.377 e. The molecule has 1 aliphatic heterocycles. The van der Waals surface area contributed by atoms with Gasteiger partial charge in [-0.05, 0) is 11.6 Å². The fourth-order valence-electron chi connectivity index (χ4n) is 1.86. The largest absolute Gasteiger partial charge is 0.377 e. The Labute approximate surface area is 109 Å². The molecule has 17 heavy (non-hydrogen) atoms. The molecule has 0 N–H and O–H groups in total. The van der Waals surface area contributed by atoms with Crippen LogP contribution >= 0.6 is 23.2 Å². The van der Waals surface area contributed by atoms with Gasteiger partial charge in [0.25, 0.3) is 0 Å². The van der Waals surface area contributed by atoms with E-state index >= 15 is 0 Å². The van der Waals surface area contributed by atoms with Crippen LogP contribution in [0.15, 0.2) is 0 Å². The first-order chi connectivity index (χ1) is 8.15. The Morgan fingerprint density at radius 2 is 1.71 bits per heavy atom. The SMILES string of the molecule is COC1CN(c2nc(Cl)nnc2Cl)CC1OC. The molecular weight excluding hydrogens is 267 g/mol. The van der Waals surface area contributed by atoms with Crippen molar-refractivity contribution in [2.75, 3.05) is 32.2 Å². The predicted octanol–water partition coefficient (Wildman–Crippen LogP) is 1.03. The van der Waals surface area contributed by atoms with Crippen molar-refractivity contribution in [2.45, 2.75) is 12.2 Å². The number of hydrogen-bond acceptors (Lipinski definition) is 6. The van der Waals surface area contributed by atoms with E-state index in [9.17, 15) is 0 Å². The van der Waals surface area contributed by atoms with Crippen LogP contribution in [0.25, 0.3) is 0 Å². The van der Waals surface area contributed by atoms with Crippen molar-refractivity contribution in [1.29, 1.82) is 0 Å². The van der Waals surface area contributed by atoms with Gasteiger partial charge in [-0.2, -0.15) is 4.98 Å². The smallest absolute Gasteiger partial charge is 0.245 e. The lowest BCUT2D eigenvalue weighted by molar-refractivity contribution is -0.00461. The van der Waals surface area contributed by atoms with Crippen molar-refractivity contribution in [3.8, 4) is 0 Å². The van der Waals surface area contributed by atoms with Crippen molar-refractivity contribution in [3.63, 3.8) is 0 Å². The molecular formula is C9H12Cl2N4O2. The summed E-state index contributed by atoms with van der Waals surface area (Å²) >= 11 is 11.6. The summed E-state index contributed by atoms with van der Waals surface area (Å²) in [6, 6.07) is 0. The molecule has 8 heteroatoms. The van der Waals surface area contributed by atoms with Gasteiger partial charge < -0.3 is 14.4 Å². The van der Waals surface area contributed by atoms with Gasteiger partial charge in [-0.3, -0.25) is 0 Å². The molecule has 2 unspecified atom stereocenters. The maximum atomic E-state index is 5.94. The number of hydrogen-bond donors (Lipinski definition) is 0. The number of nitrogens with zero attached hydrogens (tertiary/aromatic N) is 4. The van der Waals surface area contributed by atoms with Gasteiger partial charge in [0.1, 0.15) is 12.2 Å². The van der Waals surface area contributed by atoms with Crippen molar-refractivity contribution in [1.82, 2.24) is 15.2 Å². The Bertz CT molecular complexity index is 395. The number of ether oxygens (including phenoxy) is 2. The van der Waals surface area contributed by atoms with Gasteiger partial charge in [0, 0.05) is 27.3 Å². The van der Waals surface area contributed by atoms with Crippen LogP contribution in [0, 0.1) is 0 Å². The second-order valence-corrected chi connectivity index (χ2v) is 4.34. The average Bonchev–Trinajstić information content (AvgIpc) is 2.75. The Kier molecular flexibility index (Phi) is 3.98. The van der Waals surface area contributed by atoms with E-state index < -0.39 is 0 Å². The Balaban J connectivity index is 2.21. The van der Waals surface area contributed by atoms with Gasteiger partial charge in [-0.1, -0.05) is 11.6 Å². The van der Waals surface area contributed by atoms with Crippen molar-refractivity contribution in [3.05, 3.63) is 10.4 Å². The summed E-state index contributed by atoms with van der Waals surface area (Å²) in [4.78, 5) is 5.99. The third-order valence-corrected chi connectivity index (χ3v) is 3.13. The first kappa shape index (κ1) is 12.8. The van der Waals surface area contributed by atoms with Crippen molar-refractivity contribution < 1.29 is 9.47 Å². The highest BCUT2D eigenvalue weighted by molar-refractivity contribution is 6.32. The molecule has 1 aromatic heterocycles. The normalized spacial score (nSPS) is 24.4. The average molecular weight is 279 g/mol. The lowest BCUT2D eigenvalue weighted by Gasteiger charge is -2.16. The molecule has 0 saturated carbocycles. The van der Waals surface area contributed by atoms with E-state index in [2.05, 4.69) is 15.2 Å². The van der Waals surface area contributed by atoms with Gasteiger partial charge in [0.15, 0.2) is 11.0 Å². The van der Waals surface area contributed by atoms with Crippen LogP contribution in [0.1, 0.15) is 0 Å². The van der Waals surface area contributed by atoms with Crippen LogP contribution in [0.3, 0.4) is 0 Å². The maximum Gasteiger partial charge on any atom is 0.245 e. The molecule has 2 rings (SSSR count). The van der Waals surface area contributed by atoms with Crippen LogP contribution < -0.4 is 4.90 Å². The van der Waals surface area contributed by atoms with Gasteiger partial charge in [0.05, 0.1) is 0 Å². The third-order valence-electron chi connectivity index (χ3n) is 2.72. The first-order valence-corrected chi connectivity index (χ1v) is 5.77. The highest BCUT2D eigenvalue weighted by atomic mass is 35.5. The molecule has 1 aromatic rings. The van der Waals surface area contributed by atoms with E-state index in [4.69, 9.17) is 32.7 Å². The molecule has 0 aliphatic carbocycles. The molecule has 2 atom stereocenters. The standard InChI is InChI=1S/C9H12Cl2N4O2/c1-16-5-3-15(4-6(5)17-2)8-7(10)13-14-9(11)12-8/h5-6H,3-4H2,1-2H3. The fourth-order valence-corrected chi connectivity index (χ4v) is 2.17. The first-order valence-electron chi connectivity index (χ1n) is 5.02. The van der Waals surface area contributed by atoms with Crippen LogP contribution in [-0.4, -0.2) is 54.7 Å². The monoisotopic (exact) mass is 278 g/mol. The Hall–Kier alpha value is -0.690. The highest BCUT2D eigenvalue weighted by Gasteiger charge is 2.34. The zero-order valence-corrected chi connectivity index (χ0v) is 10.9. The number of aromatic nitrogens is 3. The minimum atomic E-state index is -0.0233. The molecule has 1 saturated heterocycles. The van der Waals surface area contributed by atoms with Gasteiger partial charge in [-0.15, -0.1) is 10.2 Å². The number of rotatable bonds is 3. The Morgan fingerprint density at radius 1 is 1.12 bits per heavy atom. The summed E-state index contributed by atoms with van der Waals surface area (Å²) in [5, 5.41) is 7.59. The quantitative estimate of drug-likeness (QED) is 0.823. The van der Waals surface area contributed by atoms with Gasteiger partial charge >= 0.3 is 0 Å². The van der Waals surface area contributed by atoms with Crippen LogP contribution in [0.5, 0.6) is 0 Å². The molecule has 6 nitrogen and oxygen atoms in total. The third kappa shape index (κ3) is 2.60. The van der Waals surface area contributed by atoms with E-state index in [0.717, 1.165) is 0 Å². The molecule has 0 radical (unpaired) electrons. The van der Waals surface area contributed by atoms with Crippen molar-refractivity contribution >= 4 is 29.0 Å². The highest BCUT2D eigenvalue weighted by Crippen LogP contribution is 2.27. The number of anilines is 1. The topological polar surface area (TPSA) is 60.4 Å². The van der Waals surface area contributed by atoms with Crippen LogP contribution in [0.2, 0.25) is 10.4 Å². The van der Waals surface area contributed by atoms with E-state index in [1.54, 1.807) is 14.2 Å². The summed E-state index contributed by atoms with van der Waals surface area (Å²) in [6.45, 7) is 1.26. The molecule has 0 amide bonds. The van der Waals surface area contributed by atoms with E-state index in [0.29, 0.717) is 18.9 Å². The molecule has 2 heterocycles.